The summed E-state index contributed by atoms with van der Waals surface area (Å²) < 4.78 is 11.0. The summed E-state index contributed by atoms with van der Waals surface area (Å²) in [6, 6.07) is 15.7. The maximum Gasteiger partial charge on any atom is 0.314 e. The predicted octanol–water partition coefficient (Wildman–Crippen LogP) is 7.64. The lowest BCUT2D eigenvalue weighted by molar-refractivity contribution is -0.140. The Labute approximate surface area is 210 Å². The smallest absolute Gasteiger partial charge is 0.314 e. The third kappa shape index (κ3) is 6.74. The van der Waals surface area contributed by atoms with Gasteiger partial charge >= 0.3 is 5.97 Å². The summed E-state index contributed by atoms with van der Waals surface area (Å²) in [4.78, 5) is 25.2. The van der Waals surface area contributed by atoms with E-state index < -0.39 is 0 Å². The second-order valence-corrected chi connectivity index (χ2v) is 10.5. The Kier molecular flexibility index (Phi) is 9.01. The molecule has 2 saturated carbocycles. The lowest BCUT2D eigenvalue weighted by Crippen LogP contribution is -2.31. The average Bonchev–Trinajstić information content (AvgIpc) is 2.92. The normalized spacial score (nSPS) is 24.5. The molecular weight excluding hydrogens is 436 g/mol. The highest BCUT2D eigenvalue weighted by Crippen LogP contribution is 2.42. The molecule has 0 spiro atoms. The van der Waals surface area contributed by atoms with Crippen molar-refractivity contribution in [2.24, 2.45) is 23.7 Å². The molecule has 188 valence electrons. The molecule has 2 aromatic rings. The molecule has 2 aromatic carbocycles. The van der Waals surface area contributed by atoms with Gasteiger partial charge in [-0.05, 0) is 105 Å². The monoisotopic (exact) mass is 476 g/mol. The molecule has 0 aromatic heterocycles. The quantitative estimate of drug-likeness (QED) is 0.276. The van der Waals surface area contributed by atoms with E-state index in [1.165, 1.54) is 12.8 Å². The van der Waals surface area contributed by atoms with Gasteiger partial charge in [-0.25, -0.2) is 0 Å². The van der Waals surface area contributed by atoms with E-state index in [2.05, 4.69) is 6.92 Å². The molecule has 0 aliphatic heterocycles. The van der Waals surface area contributed by atoms with Crippen molar-refractivity contribution in [1.82, 2.24) is 0 Å². The van der Waals surface area contributed by atoms with Crippen LogP contribution in [-0.4, -0.2) is 18.9 Å². The van der Waals surface area contributed by atoms with Gasteiger partial charge in [0.15, 0.2) is 0 Å². The number of esters is 1. The molecule has 0 N–H and O–H groups in total. The van der Waals surface area contributed by atoms with E-state index in [9.17, 15) is 9.59 Å². The van der Waals surface area contributed by atoms with Gasteiger partial charge in [0, 0.05) is 12.3 Å². The van der Waals surface area contributed by atoms with E-state index in [1.807, 2.05) is 48.5 Å². The number of carbonyl (C=O) groups excluding carboxylic acids is 2. The fourth-order valence-electron chi connectivity index (χ4n) is 5.99. The number of carbonyl (C=O) groups is 2. The number of unbranched alkanes of at least 4 members (excludes halogenated alkanes) is 1. The fraction of sp³-hybridized carbons (Fsp3) is 0.548. The molecule has 4 nitrogen and oxygen atoms in total. The molecule has 4 heteroatoms. The van der Waals surface area contributed by atoms with Crippen LogP contribution in [0.5, 0.6) is 11.5 Å². The Morgan fingerprint density at radius 1 is 0.714 bits per heavy atom. The second kappa shape index (κ2) is 12.4. The van der Waals surface area contributed by atoms with E-state index in [4.69, 9.17) is 9.47 Å². The summed E-state index contributed by atoms with van der Waals surface area (Å²) in [6.07, 6.45) is 11.5. The summed E-state index contributed by atoms with van der Waals surface area (Å²) in [7, 11) is 1.66. The van der Waals surface area contributed by atoms with Crippen LogP contribution < -0.4 is 9.47 Å². The van der Waals surface area contributed by atoms with Crippen LogP contribution in [0, 0.1) is 23.7 Å². The lowest BCUT2D eigenvalue weighted by Gasteiger charge is -2.37. The Morgan fingerprint density at radius 2 is 1.20 bits per heavy atom. The number of hydrogen-bond donors (Lipinski definition) is 0. The highest BCUT2D eigenvalue weighted by Gasteiger charge is 2.34. The maximum atomic E-state index is 12.8. The SMILES string of the molecule is CCCCC(=O)C1CCC(C2CCC(C(=O)Oc3ccc(-c4ccc(OC)cc4)cc3)CC2)CC1. The van der Waals surface area contributed by atoms with E-state index in [0.29, 0.717) is 23.4 Å². The lowest BCUT2D eigenvalue weighted by atomic mass is 9.68. The van der Waals surface area contributed by atoms with Gasteiger partial charge in [-0.15, -0.1) is 0 Å². The number of benzene rings is 2. The number of methoxy groups -OCH3 is 1. The first-order valence-corrected chi connectivity index (χ1v) is 13.6. The van der Waals surface area contributed by atoms with Gasteiger partial charge in [-0.3, -0.25) is 9.59 Å². The molecule has 35 heavy (non-hydrogen) atoms. The highest BCUT2D eigenvalue weighted by atomic mass is 16.5. The molecule has 0 saturated heterocycles. The van der Waals surface area contributed by atoms with Gasteiger partial charge in [-0.1, -0.05) is 37.6 Å². The van der Waals surface area contributed by atoms with Crippen LogP contribution in [-0.2, 0) is 9.59 Å². The van der Waals surface area contributed by atoms with Crippen LogP contribution in [0.1, 0.15) is 77.6 Å². The van der Waals surface area contributed by atoms with Crippen LogP contribution in [0.4, 0.5) is 0 Å². The summed E-state index contributed by atoms with van der Waals surface area (Å²) >= 11 is 0. The zero-order chi connectivity index (χ0) is 24.6. The summed E-state index contributed by atoms with van der Waals surface area (Å²) in [5, 5.41) is 0. The molecular formula is C31H40O4. The first-order chi connectivity index (χ1) is 17.1. The van der Waals surface area contributed by atoms with Crippen LogP contribution in [0.3, 0.4) is 0 Å². The van der Waals surface area contributed by atoms with Crippen LogP contribution in [0.2, 0.25) is 0 Å². The number of ether oxygens (including phenoxy) is 2. The minimum Gasteiger partial charge on any atom is -0.497 e. The zero-order valence-corrected chi connectivity index (χ0v) is 21.3. The molecule has 2 aliphatic carbocycles. The molecule has 0 heterocycles. The second-order valence-electron chi connectivity index (χ2n) is 10.5. The summed E-state index contributed by atoms with van der Waals surface area (Å²) in [6.45, 7) is 2.15. The summed E-state index contributed by atoms with van der Waals surface area (Å²) in [5.41, 5.74) is 2.18. The van der Waals surface area contributed by atoms with Crippen molar-refractivity contribution in [2.45, 2.75) is 77.6 Å². The molecule has 2 aliphatic rings. The molecule has 0 amide bonds. The minimum absolute atomic E-state index is 0.000486. The standard InChI is InChI=1S/C31H40O4/c1-3-4-5-30(32)26-10-6-22(7-11-26)23-8-12-27(13-9-23)31(33)35-29-20-16-25(17-21-29)24-14-18-28(34-2)19-15-24/h14-23,26-27H,3-13H2,1-2H3. The van der Waals surface area contributed by atoms with Crippen molar-refractivity contribution in [2.75, 3.05) is 7.11 Å². The number of Topliss-reactive ketones (excluding diaryl/α,β-unsaturated/α-hetero) is 1. The Morgan fingerprint density at radius 3 is 1.69 bits per heavy atom. The van der Waals surface area contributed by atoms with Crippen molar-refractivity contribution >= 4 is 11.8 Å². The molecule has 0 unspecified atom stereocenters. The third-order valence-electron chi connectivity index (χ3n) is 8.27. The van der Waals surface area contributed by atoms with Gasteiger partial charge < -0.3 is 9.47 Å². The van der Waals surface area contributed by atoms with Gasteiger partial charge in [0.1, 0.15) is 17.3 Å². The average molecular weight is 477 g/mol. The Balaban J connectivity index is 1.21. The van der Waals surface area contributed by atoms with Gasteiger partial charge in [0.2, 0.25) is 0 Å². The molecule has 0 bridgehead atoms. The molecule has 4 rings (SSSR count). The van der Waals surface area contributed by atoms with Crippen LogP contribution in [0.25, 0.3) is 11.1 Å². The molecule has 2 fully saturated rings. The van der Waals surface area contributed by atoms with Gasteiger partial charge in [-0.2, -0.15) is 0 Å². The predicted molar refractivity (Wildman–Crippen MR) is 139 cm³/mol. The van der Waals surface area contributed by atoms with Crippen molar-refractivity contribution < 1.29 is 19.1 Å². The van der Waals surface area contributed by atoms with E-state index >= 15 is 0 Å². The van der Waals surface area contributed by atoms with Crippen molar-refractivity contribution in [3.05, 3.63) is 48.5 Å². The maximum absolute atomic E-state index is 12.8. The topological polar surface area (TPSA) is 52.6 Å². The third-order valence-corrected chi connectivity index (χ3v) is 8.27. The van der Waals surface area contributed by atoms with Gasteiger partial charge in [0.25, 0.3) is 0 Å². The van der Waals surface area contributed by atoms with E-state index in [1.54, 1.807) is 7.11 Å². The van der Waals surface area contributed by atoms with Crippen molar-refractivity contribution in [3.8, 4) is 22.6 Å². The summed E-state index contributed by atoms with van der Waals surface area (Å²) in [5.74, 6) is 3.58. The Bertz CT molecular complexity index is 946. The number of hydrogen-bond acceptors (Lipinski definition) is 4. The van der Waals surface area contributed by atoms with Crippen LogP contribution in [0.15, 0.2) is 48.5 Å². The highest BCUT2D eigenvalue weighted by molar-refractivity contribution is 5.81. The van der Waals surface area contributed by atoms with Crippen molar-refractivity contribution in [1.29, 1.82) is 0 Å². The number of rotatable bonds is 9. The number of ketones is 1. The Hall–Kier alpha value is -2.62. The van der Waals surface area contributed by atoms with E-state index in [-0.39, 0.29) is 11.9 Å². The first-order valence-electron chi connectivity index (χ1n) is 13.6. The molecule has 0 radical (unpaired) electrons. The molecule has 0 atom stereocenters. The van der Waals surface area contributed by atoms with Crippen molar-refractivity contribution in [3.63, 3.8) is 0 Å². The zero-order valence-electron chi connectivity index (χ0n) is 21.3. The van der Waals surface area contributed by atoms with Crippen LogP contribution >= 0.6 is 0 Å². The van der Waals surface area contributed by atoms with Gasteiger partial charge in [0.05, 0.1) is 13.0 Å². The van der Waals surface area contributed by atoms with E-state index in [0.717, 1.165) is 80.6 Å². The minimum atomic E-state index is -0.0918. The fourth-order valence-corrected chi connectivity index (χ4v) is 5.99. The largest absolute Gasteiger partial charge is 0.497 e. The first kappa shape index (κ1) is 25.5.